The zero-order valence-electron chi connectivity index (χ0n) is 17.8. The van der Waals surface area contributed by atoms with Crippen molar-refractivity contribution in [2.45, 2.75) is 32.7 Å². The summed E-state index contributed by atoms with van der Waals surface area (Å²) < 4.78 is 24.6. The first-order chi connectivity index (χ1) is 14.5. The van der Waals surface area contributed by atoms with Crippen molar-refractivity contribution in [2.75, 3.05) is 33.4 Å². The summed E-state index contributed by atoms with van der Waals surface area (Å²) >= 11 is 0. The lowest BCUT2D eigenvalue weighted by Crippen LogP contribution is -2.33. The van der Waals surface area contributed by atoms with Gasteiger partial charge < -0.3 is 14.8 Å². The lowest BCUT2D eigenvalue weighted by Gasteiger charge is -2.30. The molecule has 6 heteroatoms. The summed E-state index contributed by atoms with van der Waals surface area (Å²) in [4.78, 5) is 14.5. The van der Waals surface area contributed by atoms with Crippen LogP contribution in [0.1, 0.15) is 42.1 Å². The fraction of sp³-hybridized carbons (Fsp3) is 0.458. The summed E-state index contributed by atoms with van der Waals surface area (Å²) in [6, 6.07) is 11.7. The molecule has 0 aliphatic carbocycles. The second kappa shape index (κ2) is 11.0. The number of hydrogen-bond donors (Lipinski definition) is 1. The van der Waals surface area contributed by atoms with Crippen molar-refractivity contribution >= 4 is 5.91 Å². The molecule has 1 N–H and O–H groups in total. The lowest BCUT2D eigenvalue weighted by molar-refractivity contribution is 0.0951. The standard InChI is InChI=1S/C24H31FN2O3/c1-18-6-4-12-27(16-18)17-19-9-10-22(23(14-19)29-2)30-13-5-11-26-24(28)20-7-3-8-21(25)15-20/h3,7-10,14-15,18H,4-6,11-13,16-17H2,1-2H3,(H,26,28)/t18-/m1/s1. The van der Waals surface area contributed by atoms with Crippen LogP contribution in [0.3, 0.4) is 0 Å². The molecule has 0 unspecified atom stereocenters. The minimum Gasteiger partial charge on any atom is -0.493 e. The second-order valence-corrected chi connectivity index (χ2v) is 7.94. The summed E-state index contributed by atoms with van der Waals surface area (Å²) in [5.41, 5.74) is 1.53. The van der Waals surface area contributed by atoms with Crippen molar-refractivity contribution in [2.24, 2.45) is 5.92 Å². The molecule has 1 aliphatic rings. The Kier molecular flexibility index (Phi) is 8.08. The van der Waals surface area contributed by atoms with Gasteiger partial charge in [0.05, 0.1) is 13.7 Å². The van der Waals surface area contributed by atoms with E-state index in [-0.39, 0.29) is 5.91 Å². The number of rotatable bonds is 9. The molecule has 0 bridgehead atoms. The Morgan fingerprint density at radius 3 is 2.87 bits per heavy atom. The maximum atomic E-state index is 13.2. The maximum Gasteiger partial charge on any atom is 0.251 e. The van der Waals surface area contributed by atoms with Crippen LogP contribution in [0.25, 0.3) is 0 Å². The van der Waals surface area contributed by atoms with Gasteiger partial charge in [0, 0.05) is 25.2 Å². The first-order valence-electron chi connectivity index (χ1n) is 10.6. The Labute approximate surface area is 178 Å². The predicted octanol–water partition coefficient (Wildman–Crippen LogP) is 4.27. The molecule has 1 aliphatic heterocycles. The average molecular weight is 415 g/mol. The first-order valence-corrected chi connectivity index (χ1v) is 10.6. The molecule has 3 rings (SSSR count). The van der Waals surface area contributed by atoms with Crippen LogP contribution in [0.2, 0.25) is 0 Å². The molecular weight excluding hydrogens is 383 g/mol. The quantitative estimate of drug-likeness (QED) is 0.623. The molecule has 1 saturated heterocycles. The number of piperidine rings is 1. The minimum absolute atomic E-state index is 0.288. The van der Waals surface area contributed by atoms with E-state index in [9.17, 15) is 9.18 Å². The average Bonchev–Trinajstić information content (AvgIpc) is 2.74. The third kappa shape index (κ3) is 6.46. The van der Waals surface area contributed by atoms with Crippen molar-refractivity contribution in [1.29, 1.82) is 0 Å². The zero-order chi connectivity index (χ0) is 21.3. The minimum atomic E-state index is -0.420. The fourth-order valence-corrected chi connectivity index (χ4v) is 3.81. The highest BCUT2D eigenvalue weighted by molar-refractivity contribution is 5.94. The molecule has 1 heterocycles. The predicted molar refractivity (Wildman–Crippen MR) is 116 cm³/mol. The second-order valence-electron chi connectivity index (χ2n) is 7.94. The van der Waals surface area contributed by atoms with Gasteiger partial charge in [0.15, 0.2) is 11.5 Å². The number of likely N-dealkylation sites (tertiary alicyclic amines) is 1. The molecular formula is C24H31FN2O3. The van der Waals surface area contributed by atoms with E-state index < -0.39 is 5.82 Å². The first kappa shape index (κ1) is 22.1. The van der Waals surface area contributed by atoms with E-state index in [4.69, 9.17) is 9.47 Å². The smallest absolute Gasteiger partial charge is 0.251 e. The monoisotopic (exact) mass is 414 g/mol. The number of halogens is 1. The number of methoxy groups -OCH3 is 1. The third-order valence-electron chi connectivity index (χ3n) is 5.33. The van der Waals surface area contributed by atoms with E-state index in [2.05, 4.69) is 23.2 Å². The SMILES string of the molecule is COc1cc(CN2CCC[C@@H](C)C2)ccc1OCCCNC(=O)c1cccc(F)c1. The highest BCUT2D eigenvalue weighted by atomic mass is 19.1. The number of hydrogen-bond acceptors (Lipinski definition) is 4. The summed E-state index contributed by atoms with van der Waals surface area (Å²) in [5, 5.41) is 2.78. The molecule has 0 spiro atoms. The Bertz CT molecular complexity index is 843. The molecule has 1 atom stereocenters. The van der Waals surface area contributed by atoms with E-state index in [1.165, 1.54) is 36.6 Å². The van der Waals surface area contributed by atoms with Crippen molar-refractivity contribution in [1.82, 2.24) is 10.2 Å². The Morgan fingerprint density at radius 1 is 1.23 bits per heavy atom. The highest BCUT2D eigenvalue weighted by Gasteiger charge is 2.17. The number of carbonyl (C=O) groups excluding carboxylic acids is 1. The zero-order valence-corrected chi connectivity index (χ0v) is 17.8. The highest BCUT2D eigenvalue weighted by Crippen LogP contribution is 2.29. The number of ether oxygens (including phenoxy) is 2. The van der Waals surface area contributed by atoms with Crippen LogP contribution in [0.5, 0.6) is 11.5 Å². The van der Waals surface area contributed by atoms with E-state index in [0.29, 0.717) is 30.9 Å². The van der Waals surface area contributed by atoms with Gasteiger partial charge >= 0.3 is 0 Å². The van der Waals surface area contributed by atoms with Crippen LogP contribution in [0.15, 0.2) is 42.5 Å². The van der Waals surface area contributed by atoms with Crippen molar-refractivity contribution in [3.8, 4) is 11.5 Å². The number of carbonyl (C=O) groups is 1. The Hall–Kier alpha value is -2.60. The molecule has 2 aromatic carbocycles. The van der Waals surface area contributed by atoms with Gasteiger partial charge in [-0.3, -0.25) is 9.69 Å². The summed E-state index contributed by atoms with van der Waals surface area (Å²) in [5.74, 6) is 1.47. The lowest BCUT2D eigenvalue weighted by atomic mass is 10.00. The van der Waals surface area contributed by atoms with Crippen LogP contribution in [0.4, 0.5) is 4.39 Å². The maximum absolute atomic E-state index is 13.2. The number of benzene rings is 2. The van der Waals surface area contributed by atoms with E-state index in [1.54, 1.807) is 13.2 Å². The Morgan fingerprint density at radius 2 is 2.10 bits per heavy atom. The normalized spacial score (nSPS) is 16.8. The van der Waals surface area contributed by atoms with Gasteiger partial charge in [-0.15, -0.1) is 0 Å². The summed E-state index contributed by atoms with van der Waals surface area (Å²) in [6.45, 7) is 6.41. The van der Waals surface area contributed by atoms with Crippen LogP contribution in [-0.4, -0.2) is 44.2 Å². The number of nitrogens with zero attached hydrogens (tertiary/aromatic N) is 1. The molecule has 0 saturated carbocycles. The van der Waals surface area contributed by atoms with E-state index in [1.807, 2.05) is 12.1 Å². The topological polar surface area (TPSA) is 50.8 Å². The van der Waals surface area contributed by atoms with Crippen LogP contribution < -0.4 is 14.8 Å². The molecule has 0 aromatic heterocycles. The van der Waals surface area contributed by atoms with Gasteiger partial charge in [-0.25, -0.2) is 4.39 Å². The largest absolute Gasteiger partial charge is 0.493 e. The van der Waals surface area contributed by atoms with Gasteiger partial charge in [-0.1, -0.05) is 19.1 Å². The molecule has 0 radical (unpaired) electrons. The van der Waals surface area contributed by atoms with E-state index >= 15 is 0 Å². The van der Waals surface area contributed by atoms with Crippen LogP contribution in [0, 0.1) is 11.7 Å². The van der Waals surface area contributed by atoms with Crippen LogP contribution in [-0.2, 0) is 6.54 Å². The molecule has 1 amide bonds. The molecule has 2 aromatic rings. The Balaban J connectivity index is 1.44. The van der Waals surface area contributed by atoms with Gasteiger partial charge in [0.1, 0.15) is 5.82 Å². The molecule has 5 nitrogen and oxygen atoms in total. The van der Waals surface area contributed by atoms with Crippen molar-refractivity contribution in [3.05, 3.63) is 59.4 Å². The number of nitrogens with one attached hydrogen (secondary N) is 1. The molecule has 162 valence electrons. The van der Waals surface area contributed by atoms with Gasteiger partial charge in [0.2, 0.25) is 0 Å². The van der Waals surface area contributed by atoms with Gasteiger partial charge in [-0.05, 0) is 67.6 Å². The number of amides is 1. The molecule has 30 heavy (non-hydrogen) atoms. The van der Waals surface area contributed by atoms with Gasteiger partial charge in [0.25, 0.3) is 5.91 Å². The van der Waals surface area contributed by atoms with E-state index in [0.717, 1.165) is 31.3 Å². The van der Waals surface area contributed by atoms with Crippen molar-refractivity contribution < 1.29 is 18.7 Å². The summed E-state index contributed by atoms with van der Waals surface area (Å²) in [6.07, 6.45) is 3.21. The van der Waals surface area contributed by atoms with Crippen LogP contribution >= 0.6 is 0 Å². The summed E-state index contributed by atoms with van der Waals surface area (Å²) in [7, 11) is 1.65. The third-order valence-corrected chi connectivity index (χ3v) is 5.33. The molecule has 1 fully saturated rings. The van der Waals surface area contributed by atoms with Crippen molar-refractivity contribution in [3.63, 3.8) is 0 Å². The fourth-order valence-electron chi connectivity index (χ4n) is 3.81. The van der Waals surface area contributed by atoms with Gasteiger partial charge in [-0.2, -0.15) is 0 Å².